The van der Waals surface area contributed by atoms with E-state index < -0.39 is 0 Å². The molecule has 136 valence electrons. The summed E-state index contributed by atoms with van der Waals surface area (Å²) in [6.45, 7) is 5.84. The number of nitrogens with one attached hydrogen (secondary N) is 1. The van der Waals surface area contributed by atoms with E-state index in [0.717, 1.165) is 52.2 Å². The summed E-state index contributed by atoms with van der Waals surface area (Å²) in [5.74, 6) is 1.08. The van der Waals surface area contributed by atoms with E-state index in [1.807, 2.05) is 6.07 Å². The van der Waals surface area contributed by atoms with Gasteiger partial charge in [-0.1, -0.05) is 30.3 Å². The normalized spacial score (nSPS) is 30.3. The fourth-order valence-electron chi connectivity index (χ4n) is 4.36. The molecular formula is C20H28N2O3. The number of hydrogen-bond acceptors (Lipinski definition) is 4. The van der Waals surface area contributed by atoms with Gasteiger partial charge in [-0.2, -0.15) is 0 Å². The van der Waals surface area contributed by atoms with Crippen LogP contribution in [0.1, 0.15) is 18.4 Å². The Hall–Kier alpha value is -1.43. The monoisotopic (exact) mass is 344 g/mol. The van der Waals surface area contributed by atoms with Gasteiger partial charge in [0.1, 0.15) is 0 Å². The van der Waals surface area contributed by atoms with Crippen molar-refractivity contribution >= 4 is 5.91 Å². The van der Waals surface area contributed by atoms with Gasteiger partial charge in [0.2, 0.25) is 5.91 Å². The largest absolute Gasteiger partial charge is 0.381 e. The van der Waals surface area contributed by atoms with Crippen molar-refractivity contribution in [1.82, 2.24) is 10.2 Å². The zero-order chi connectivity index (χ0) is 17.1. The van der Waals surface area contributed by atoms with Gasteiger partial charge in [0.25, 0.3) is 0 Å². The van der Waals surface area contributed by atoms with Crippen LogP contribution < -0.4 is 5.32 Å². The molecule has 0 saturated carbocycles. The first-order valence-corrected chi connectivity index (χ1v) is 9.53. The Morgan fingerprint density at radius 3 is 2.76 bits per heavy atom. The van der Waals surface area contributed by atoms with Crippen molar-refractivity contribution in [3.05, 3.63) is 35.9 Å². The molecular weight excluding hydrogens is 316 g/mol. The third-order valence-corrected chi connectivity index (χ3v) is 5.88. The molecule has 3 aliphatic rings. The van der Waals surface area contributed by atoms with E-state index in [1.165, 1.54) is 5.56 Å². The summed E-state index contributed by atoms with van der Waals surface area (Å²) in [6, 6.07) is 10.5. The second-order valence-corrected chi connectivity index (χ2v) is 7.62. The van der Waals surface area contributed by atoms with Crippen LogP contribution in [0.4, 0.5) is 0 Å². The summed E-state index contributed by atoms with van der Waals surface area (Å²) in [5, 5.41) is 3.18. The minimum atomic E-state index is 0.00520. The zero-order valence-electron chi connectivity index (χ0n) is 14.7. The molecule has 0 aromatic heterocycles. The molecule has 0 spiro atoms. The van der Waals surface area contributed by atoms with Crippen molar-refractivity contribution in [1.29, 1.82) is 0 Å². The quantitative estimate of drug-likeness (QED) is 0.883. The number of carbonyl (C=O) groups excluding carboxylic acids is 1. The van der Waals surface area contributed by atoms with E-state index in [-0.39, 0.29) is 17.9 Å². The van der Waals surface area contributed by atoms with Crippen LogP contribution in [0.15, 0.2) is 30.3 Å². The van der Waals surface area contributed by atoms with Gasteiger partial charge >= 0.3 is 0 Å². The van der Waals surface area contributed by atoms with E-state index in [0.29, 0.717) is 18.4 Å². The van der Waals surface area contributed by atoms with Crippen molar-refractivity contribution in [2.75, 3.05) is 39.5 Å². The van der Waals surface area contributed by atoms with Gasteiger partial charge in [0, 0.05) is 45.3 Å². The molecule has 3 heterocycles. The molecule has 0 aliphatic carbocycles. The van der Waals surface area contributed by atoms with Crippen molar-refractivity contribution in [3.8, 4) is 0 Å². The molecule has 0 bridgehead atoms. The minimum Gasteiger partial charge on any atom is -0.381 e. The maximum Gasteiger partial charge on any atom is 0.225 e. The van der Waals surface area contributed by atoms with Crippen LogP contribution in [0.5, 0.6) is 0 Å². The van der Waals surface area contributed by atoms with Gasteiger partial charge in [-0.15, -0.1) is 0 Å². The maximum atomic E-state index is 12.7. The average Bonchev–Trinajstić information content (AvgIpc) is 3.21. The molecule has 25 heavy (non-hydrogen) atoms. The number of carbonyl (C=O) groups is 1. The lowest BCUT2D eigenvalue weighted by Crippen LogP contribution is -2.39. The standard InChI is InChI=1S/C20H28N2O3/c23-20(21-10-15-6-8-24-9-7-15)18-14-25-19-13-22(12-17(18)19)11-16-4-2-1-3-5-16/h1-5,15,17-19H,6-14H2,(H,21,23)/t17-,18+,19-/m0/s1. The molecule has 1 aromatic carbocycles. The van der Waals surface area contributed by atoms with E-state index in [4.69, 9.17) is 9.47 Å². The second-order valence-electron chi connectivity index (χ2n) is 7.62. The lowest BCUT2D eigenvalue weighted by Gasteiger charge is -2.24. The topological polar surface area (TPSA) is 50.8 Å². The lowest BCUT2D eigenvalue weighted by atomic mass is 9.92. The summed E-state index contributed by atoms with van der Waals surface area (Å²) in [7, 11) is 0. The summed E-state index contributed by atoms with van der Waals surface area (Å²) in [6.07, 6.45) is 2.32. The minimum absolute atomic E-state index is 0.00520. The van der Waals surface area contributed by atoms with Gasteiger partial charge in [-0.25, -0.2) is 0 Å². The highest BCUT2D eigenvalue weighted by molar-refractivity contribution is 5.79. The smallest absolute Gasteiger partial charge is 0.225 e. The van der Waals surface area contributed by atoms with Gasteiger partial charge in [-0.05, 0) is 24.3 Å². The Kier molecular flexibility index (Phi) is 5.34. The first-order chi connectivity index (χ1) is 12.3. The average molecular weight is 344 g/mol. The van der Waals surface area contributed by atoms with Crippen LogP contribution in [0.2, 0.25) is 0 Å². The number of fused-ring (bicyclic) bond motifs is 1. The van der Waals surface area contributed by atoms with Gasteiger partial charge in [-0.3, -0.25) is 9.69 Å². The van der Waals surface area contributed by atoms with Crippen LogP contribution >= 0.6 is 0 Å². The van der Waals surface area contributed by atoms with Crippen LogP contribution in [-0.4, -0.2) is 56.4 Å². The second kappa shape index (κ2) is 7.85. The van der Waals surface area contributed by atoms with Crippen molar-refractivity contribution < 1.29 is 14.3 Å². The van der Waals surface area contributed by atoms with E-state index >= 15 is 0 Å². The number of ether oxygens (including phenoxy) is 2. The predicted octanol–water partition coefficient (Wildman–Crippen LogP) is 1.68. The molecule has 1 amide bonds. The third kappa shape index (κ3) is 4.05. The summed E-state index contributed by atoms with van der Waals surface area (Å²) in [5.41, 5.74) is 1.32. The van der Waals surface area contributed by atoms with E-state index in [1.54, 1.807) is 0 Å². The summed E-state index contributed by atoms with van der Waals surface area (Å²) in [4.78, 5) is 15.1. The fourth-order valence-corrected chi connectivity index (χ4v) is 4.36. The molecule has 5 heteroatoms. The highest BCUT2D eigenvalue weighted by Gasteiger charge is 2.46. The fraction of sp³-hybridized carbons (Fsp3) is 0.650. The SMILES string of the molecule is O=C(NCC1CCOCC1)[C@@H]1CO[C@H]2CN(Cc3ccccc3)C[C@H]21. The van der Waals surface area contributed by atoms with Crippen LogP contribution in [0.3, 0.4) is 0 Å². The highest BCUT2D eigenvalue weighted by Crippen LogP contribution is 2.34. The van der Waals surface area contributed by atoms with E-state index in [9.17, 15) is 4.79 Å². The highest BCUT2D eigenvalue weighted by atomic mass is 16.5. The molecule has 3 fully saturated rings. The Labute approximate surface area is 149 Å². The number of rotatable bonds is 5. The first kappa shape index (κ1) is 17.0. The lowest BCUT2D eigenvalue weighted by molar-refractivity contribution is -0.126. The zero-order valence-corrected chi connectivity index (χ0v) is 14.7. The maximum absolute atomic E-state index is 12.7. The number of nitrogens with zero attached hydrogens (tertiary/aromatic N) is 1. The Morgan fingerprint density at radius 1 is 1.16 bits per heavy atom. The van der Waals surface area contributed by atoms with Gasteiger partial charge in [0.15, 0.2) is 0 Å². The molecule has 0 radical (unpaired) electrons. The Balaban J connectivity index is 1.28. The molecule has 0 unspecified atom stereocenters. The first-order valence-electron chi connectivity index (χ1n) is 9.53. The molecule has 3 atom stereocenters. The van der Waals surface area contributed by atoms with Crippen LogP contribution in [0, 0.1) is 17.8 Å². The molecule has 3 aliphatic heterocycles. The molecule has 4 rings (SSSR count). The van der Waals surface area contributed by atoms with Crippen molar-refractivity contribution in [2.45, 2.75) is 25.5 Å². The molecule has 3 saturated heterocycles. The van der Waals surface area contributed by atoms with Crippen molar-refractivity contribution in [3.63, 3.8) is 0 Å². The number of likely N-dealkylation sites (tertiary alicyclic amines) is 1. The Morgan fingerprint density at radius 2 is 1.96 bits per heavy atom. The van der Waals surface area contributed by atoms with Crippen LogP contribution in [0.25, 0.3) is 0 Å². The van der Waals surface area contributed by atoms with Crippen LogP contribution in [-0.2, 0) is 20.8 Å². The van der Waals surface area contributed by atoms with Gasteiger partial charge < -0.3 is 14.8 Å². The number of hydrogen-bond donors (Lipinski definition) is 1. The molecule has 5 nitrogen and oxygen atoms in total. The summed E-state index contributed by atoms with van der Waals surface area (Å²) < 4.78 is 11.3. The molecule has 1 N–H and O–H groups in total. The predicted molar refractivity (Wildman–Crippen MR) is 95.0 cm³/mol. The van der Waals surface area contributed by atoms with E-state index in [2.05, 4.69) is 34.5 Å². The Bertz CT molecular complexity index is 574. The van der Waals surface area contributed by atoms with Crippen molar-refractivity contribution in [2.24, 2.45) is 17.8 Å². The third-order valence-electron chi connectivity index (χ3n) is 5.88. The number of benzene rings is 1. The van der Waals surface area contributed by atoms with Gasteiger partial charge in [0.05, 0.1) is 18.6 Å². The summed E-state index contributed by atoms with van der Waals surface area (Å²) >= 11 is 0. The molecule has 1 aromatic rings. The number of amides is 1.